The number of hydrogen-bond acceptors (Lipinski definition) is 6. The van der Waals surface area contributed by atoms with Crippen LogP contribution in [0.1, 0.15) is 19.3 Å². The number of thioether (sulfide) groups is 1. The van der Waals surface area contributed by atoms with E-state index in [1.807, 2.05) is 40.6 Å². The van der Waals surface area contributed by atoms with Gasteiger partial charge >= 0.3 is 0 Å². The zero-order valence-corrected chi connectivity index (χ0v) is 17.2. The third kappa shape index (κ3) is 3.66. The molecule has 3 heterocycles. The molecule has 0 aliphatic carbocycles. The predicted molar refractivity (Wildman–Crippen MR) is 113 cm³/mol. The molecule has 0 saturated carbocycles. The van der Waals surface area contributed by atoms with E-state index in [-0.39, 0.29) is 17.2 Å². The first-order valence-corrected chi connectivity index (χ1v) is 11.1. The largest absolute Gasteiger partial charge is 0.495 e. The Morgan fingerprint density at radius 1 is 1.21 bits per heavy atom. The minimum absolute atomic E-state index is 0.0935. The van der Waals surface area contributed by atoms with Gasteiger partial charge in [-0.05, 0) is 42.8 Å². The number of fused-ring (bicyclic) bond motifs is 1. The number of methoxy groups -OCH3 is 1. The molecule has 1 aliphatic heterocycles. The Balaban J connectivity index is 1.72. The maximum Gasteiger partial charge on any atom is 0.276 e. The van der Waals surface area contributed by atoms with Gasteiger partial charge in [-0.15, -0.1) is 11.3 Å². The molecular weight excluding hydrogens is 394 g/mol. The molecule has 28 heavy (non-hydrogen) atoms. The number of para-hydroxylation sites is 2. The lowest BCUT2D eigenvalue weighted by atomic mass is 10.1. The van der Waals surface area contributed by atoms with Crippen LogP contribution in [0.4, 0.5) is 0 Å². The topological polar surface area (TPSA) is 64.4 Å². The van der Waals surface area contributed by atoms with Crippen LogP contribution in [-0.2, 0) is 4.79 Å². The summed E-state index contributed by atoms with van der Waals surface area (Å²) in [6.07, 6.45) is 3.30. The second-order valence-corrected chi connectivity index (χ2v) is 8.43. The number of amides is 1. The molecule has 2 aromatic heterocycles. The highest BCUT2D eigenvalue weighted by Crippen LogP contribution is 2.28. The summed E-state index contributed by atoms with van der Waals surface area (Å²) in [5.41, 5.74) is 1.15. The minimum atomic E-state index is -0.141. The normalized spacial score (nSPS) is 14.4. The lowest BCUT2D eigenvalue weighted by Crippen LogP contribution is -2.36. The van der Waals surface area contributed by atoms with Crippen LogP contribution in [0.5, 0.6) is 5.75 Å². The van der Waals surface area contributed by atoms with Gasteiger partial charge < -0.3 is 9.64 Å². The molecule has 8 heteroatoms. The first kappa shape index (κ1) is 19.0. The van der Waals surface area contributed by atoms with Crippen molar-refractivity contribution in [1.29, 1.82) is 0 Å². The Morgan fingerprint density at radius 3 is 2.79 bits per heavy atom. The van der Waals surface area contributed by atoms with Gasteiger partial charge in [-0.2, -0.15) is 0 Å². The first-order valence-electron chi connectivity index (χ1n) is 9.23. The van der Waals surface area contributed by atoms with E-state index in [2.05, 4.69) is 4.98 Å². The first-order chi connectivity index (χ1) is 13.7. The van der Waals surface area contributed by atoms with Crippen LogP contribution in [0.15, 0.2) is 45.7 Å². The van der Waals surface area contributed by atoms with Crippen LogP contribution in [0.2, 0.25) is 0 Å². The third-order valence-corrected chi connectivity index (χ3v) is 6.62. The molecule has 146 valence electrons. The lowest BCUT2D eigenvalue weighted by molar-refractivity contribution is -0.129. The zero-order valence-electron chi connectivity index (χ0n) is 15.6. The van der Waals surface area contributed by atoms with E-state index >= 15 is 0 Å². The summed E-state index contributed by atoms with van der Waals surface area (Å²) in [5.74, 6) is 0.944. The van der Waals surface area contributed by atoms with E-state index in [0.717, 1.165) is 25.9 Å². The summed E-state index contributed by atoms with van der Waals surface area (Å²) in [5, 5.41) is 2.37. The smallest absolute Gasteiger partial charge is 0.276 e. The second-order valence-electron chi connectivity index (χ2n) is 6.57. The molecule has 0 unspecified atom stereocenters. The summed E-state index contributed by atoms with van der Waals surface area (Å²) >= 11 is 2.68. The fraction of sp³-hybridized carbons (Fsp3) is 0.350. The van der Waals surface area contributed by atoms with Crippen LogP contribution in [0.25, 0.3) is 15.9 Å². The van der Waals surface area contributed by atoms with E-state index in [4.69, 9.17) is 4.74 Å². The van der Waals surface area contributed by atoms with Gasteiger partial charge in [0.05, 0.1) is 24.1 Å². The SMILES string of the molecule is COc1ccccc1-n1c(SCC(=O)N2CCCCC2)nc2ccsc2c1=O. The Kier molecular flexibility index (Phi) is 5.68. The van der Waals surface area contributed by atoms with E-state index in [1.165, 1.54) is 29.5 Å². The molecule has 4 rings (SSSR count). The molecule has 3 aromatic rings. The molecule has 0 bridgehead atoms. The molecule has 1 saturated heterocycles. The highest BCUT2D eigenvalue weighted by atomic mass is 32.2. The van der Waals surface area contributed by atoms with Crippen molar-refractivity contribution in [3.63, 3.8) is 0 Å². The van der Waals surface area contributed by atoms with Crippen molar-refractivity contribution in [3.05, 3.63) is 46.1 Å². The summed E-state index contributed by atoms with van der Waals surface area (Å²) in [6.45, 7) is 1.63. The monoisotopic (exact) mass is 415 g/mol. The molecule has 0 N–H and O–H groups in total. The molecular formula is C20H21N3O3S2. The average molecular weight is 416 g/mol. The van der Waals surface area contributed by atoms with E-state index in [9.17, 15) is 9.59 Å². The molecule has 1 amide bonds. The number of ether oxygens (including phenoxy) is 1. The number of rotatable bonds is 5. The molecule has 6 nitrogen and oxygen atoms in total. The number of carbonyl (C=O) groups excluding carboxylic acids is 1. The number of piperidine rings is 1. The van der Waals surface area contributed by atoms with E-state index < -0.39 is 0 Å². The average Bonchev–Trinajstić information content (AvgIpc) is 3.22. The zero-order chi connectivity index (χ0) is 19.5. The van der Waals surface area contributed by atoms with Crippen LogP contribution in [0, 0.1) is 0 Å². The van der Waals surface area contributed by atoms with Crippen molar-refractivity contribution < 1.29 is 9.53 Å². The number of carbonyl (C=O) groups is 1. The Bertz CT molecular complexity index is 1050. The Labute approximate surface area is 171 Å². The van der Waals surface area contributed by atoms with Gasteiger partial charge in [-0.3, -0.25) is 14.2 Å². The van der Waals surface area contributed by atoms with Crippen molar-refractivity contribution in [3.8, 4) is 11.4 Å². The van der Waals surface area contributed by atoms with Gasteiger partial charge in [0.2, 0.25) is 5.91 Å². The number of aromatic nitrogens is 2. The maximum absolute atomic E-state index is 13.2. The Hall–Kier alpha value is -2.32. The van der Waals surface area contributed by atoms with Gasteiger partial charge in [-0.1, -0.05) is 23.9 Å². The molecule has 0 atom stereocenters. The summed E-state index contributed by atoms with van der Waals surface area (Å²) in [6, 6.07) is 9.20. The molecule has 0 spiro atoms. The van der Waals surface area contributed by atoms with Crippen LogP contribution < -0.4 is 10.3 Å². The van der Waals surface area contributed by atoms with Crippen LogP contribution >= 0.6 is 23.1 Å². The van der Waals surface area contributed by atoms with Gasteiger partial charge in [-0.25, -0.2) is 4.98 Å². The van der Waals surface area contributed by atoms with Gasteiger partial charge in [0.15, 0.2) is 5.16 Å². The van der Waals surface area contributed by atoms with Crippen molar-refractivity contribution in [2.24, 2.45) is 0 Å². The molecule has 0 radical (unpaired) electrons. The number of likely N-dealkylation sites (tertiary alicyclic amines) is 1. The quantitative estimate of drug-likeness (QED) is 0.471. The molecule has 1 fully saturated rings. The number of benzene rings is 1. The van der Waals surface area contributed by atoms with Crippen molar-refractivity contribution in [1.82, 2.24) is 14.5 Å². The summed E-state index contributed by atoms with van der Waals surface area (Å²) in [4.78, 5) is 32.4. The maximum atomic E-state index is 13.2. The van der Waals surface area contributed by atoms with Gasteiger partial charge in [0.25, 0.3) is 5.56 Å². The predicted octanol–water partition coefficient (Wildman–Crippen LogP) is 3.56. The lowest BCUT2D eigenvalue weighted by Gasteiger charge is -2.26. The molecule has 1 aliphatic rings. The van der Waals surface area contributed by atoms with Crippen LogP contribution in [-0.4, -0.2) is 46.3 Å². The highest BCUT2D eigenvalue weighted by molar-refractivity contribution is 7.99. The standard InChI is InChI=1S/C20H21N3O3S2/c1-26-16-8-4-3-7-15(16)23-19(25)18-14(9-12-27-18)21-20(23)28-13-17(24)22-10-5-2-6-11-22/h3-4,7-9,12H,2,5-6,10-11,13H2,1H3. The summed E-state index contributed by atoms with van der Waals surface area (Å²) < 4.78 is 7.61. The van der Waals surface area contributed by atoms with Crippen LogP contribution in [0.3, 0.4) is 0 Å². The highest BCUT2D eigenvalue weighted by Gasteiger charge is 2.20. The van der Waals surface area contributed by atoms with E-state index in [1.54, 1.807) is 11.7 Å². The minimum Gasteiger partial charge on any atom is -0.495 e. The molecule has 1 aromatic carbocycles. The number of nitrogens with zero attached hydrogens (tertiary/aromatic N) is 3. The summed E-state index contributed by atoms with van der Waals surface area (Å²) in [7, 11) is 1.58. The number of hydrogen-bond donors (Lipinski definition) is 0. The second kappa shape index (κ2) is 8.36. The van der Waals surface area contributed by atoms with Crippen molar-refractivity contribution in [2.45, 2.75) is 24.4 Å². The van der Waals surface area contributed by atoms with Crippen molar-refractivity contribution in [2.75, 3.05) is 26.0 Å². The van der Waals surface area contributed by atoms with Gasteiger partial charge in [0, 0.05) is 13.1 Å². The fourth-order valence-corrected chi connectivity index (χ4v) is 5.04. The van der Waals surface area contributed by atoms with E-state index in [0.29, 0.717) is 26.8 Å². The third-order valence-electron chi connectivity index (χ3n) is 4.81. The van der Waals surface area contributed by atoms with Gasteiger partial charge in [0.1, 0.15) is 10.4 Å². The van der Waals surface area contributed by atoms with Crippen molar-refractivity contribution >= 4 is 39.2 Å². The number of thiophene rings is 1. The Morgan fingerprint density at radius 2 is 2.00 bits per heavy atom. The fourth-order valence-electron chi connectivity index (χ4n) is 3.38.